The SMILES string of the molecule is N#Cc1cccc(OC2CC(c3ccc(F)cc3)CC2N2CCCC(N)C2)c1F. The second kappa shape index (κ2) is 8.48. The number of halogens is 2. The number of ether oxygens (including phenoxy) is 1. The summed E-state index contributed by atoms with van der Waals surface area (Å²) in [7, 11) is 0. The van der Waals surface area contributed by atoms with Crippen LogP contribution in [-0.4, -0.2) is 36.2 Å². The van der Waals surface area contributed by atoms with E-state index in [-0.39, 0.29) is 41.2 Å². The van der Waals surface area contributed by atoms with Gasteiger partial charge >= 0.3 is 0 Å². The summed E-state index contributed by atoms with van der Waals surface area (Å²) in [6.45, 7) is 1.73. The summed E-state index contributed by atoms with van der Waals surface area (Å²) in [6, 6.07) is 13.3. The summed E-state index contributed by atoms with van der Waals surface area (Å²) in [6.07, 6.45) is 3.37. The Morgan fingerprint density at radius 3 is 2.62 bits per heavy atom. The number of nitriles is 1. The topological polar surface area (TPSA) is 62.3 Å². The van der Waals surface area contributed by atoms with Crippen molar-refractivity contribution in [3.05, 3.63) is 65.2 Å². The molecule has 2 aromatic carbocycles. The van der Waals surface area contributed by atoms with Gasteiger partial charge in [0.25, 0.3) is 0 Å². The Bertz CT molecular complexity index is 896. The van der Waals surface area contributed by atoms with Crippen LogP contribution in [0.2, 0.25) is 0 Å². The summed E-state index contributed by atoms with van der Waals surface area (Å²) in [5, 5.41) is 9.10. The molecule has 2 N–H and O–H groups in total. The van der Waals surface area contributed by atoms with Crippen LogP contribution < -0.4 is 10.5 Å². The summed E-state index contributed by atoms with van der Waals surface area (Å²) in [4.78, 5) is 2.36. The fourth-order valence-electron chi connectivity index (χ4n) is 4.69. The second-order valence-corrected chi connectivity index (χ2v) is 8.07. The van der Waals surface area contributed by atoms with E-state index in [1.54, 1.807) is 12.1 Å². The lowest BCUT2D eigenvalue weighted by atomic mass is 9.97. The molecular formula is C23H25F2N3O. The molecule has 1 aliphatic heterocycles. The zero-order valence-electron chi connectivity index (χ0n) is 16.2. The van der Waals surface area contributed by atoms with E-state index >= 15 is 0 Å². The Hall–Kier alpha value is -2.49. The monoisotopic (exact) mass is 397 g/mol. The zero-order chi connectivity index (χ0) is 20.4. The number of benzene rings is 2. The minimum atomic E-state index is -0.616. The van der Waals surface area contributed by atoms with E-state index in [2.05, 4.69) is 4.90 Å². The Balaban J connectivity index is 1.59. The summed E-state index contributed by atoms with van der Waals surface area (Å²) >= 11 is 0. The summed E-state index contributed by atoms with van der Waals surface area (Å²) in [5.41, 5.74) is 7.24. The van der Waals surface area contributed by atoms with Gasteiger partial charge in [0, 0.05) is 18.6 Å². The van der Waals surface area contributed by atoms with E-state index in [0.717, 1.165) is 37.9 Å². The number of rotatable bonds is 4. The molecule has 0 spiro atoms. The van der Waals surface area contributed by atoms with Crippen molar-refractivity contribution in [3.8, 4) is 11.8 Å². The van der Waals surface area contributed by atoms with Crippen molar-refractivity contribution in [2.24, 2.45) is 5.73 Å². The summed E-state index contributed by atoms with van der Waals surface area (Å²) in [5.74, 6) is -0.561. The largest absolute Gasteiger partial charge is 0.486 e. The molecule has 2 fully saturated rings. The number of hydrogen-bond acceptors (Lipinski definition) is 4. The minimum Gasteiger partial charge on any atom is -0.486 e. The van der Waals surface area contributed by atoms with Crippen LogP contribution in [0.5, 0.6) is 5.75 Å². The molecule has 152 valence electrons. The van der Waals surface area contributed by atoms with Gasteiger partial charge in [0.05, 0.1) is 5.56 Å². The van der Waals surface area contributed by atoms with Gasteiger partial charge in [-0.25, -0.2) is 8.78 Å². The number of piperidine rings is 1. The van der Waals surface area contributed by atoms with Crippen LogP contribution in [-0.2, 0) is 0 Å². The minimum absolute atomic E-state index is 0.0212. The number of hydrogen-bond donors (Lipinski definition) is 1. The lowest BCUT2D eigenvalue weighted by Gasteiger charge is -2.38. The molecule has 4 unspecified atom stereocenters. The van der Waals surface area contributed by atoms with E-state index in [0.29, 0.717) is 6.42 Å². The predicted octanol–water partition coefficient (Wildman–Crippen LogP) is 3.95. The molecule has 29 heavy (non-hydrogen) atoms. The highest BCUT2D eigenvalue weighted by atomic mass is 19.1. The highest BCUT2D eigenvalue weighted by Gasteiger charge is 2.41. The zero-order valence-corrected chi connectivity index (χ0v) is 16.2. The molecule has 4 atom stereocenters. The van der Waals surface area contributed by atoms with Gasteiger partial charge in [0.15, 0.2) is 11.6 Å². The van der Waals surface area contributed by atoms with E-state index in [9.17, 15) is 8.78 Å². The smallest absolute Gasteiger partial charge is 0.182 e. The Kier molecular flexibility index (Phi) is 5.79. The number of likely N-dealkylation sites (tertiary alicyclic amines) is 1. The van der Waals surface area contributed by atoms with Gasteiger partial charge < -0.3 is 10.5 Å². The molecule has 0 amide bonds. The lowest BCUT2D eigenvalue weighted by Crippen LogP contribution is -2.51. The van der Waals surface area contributed by atoms with E-state index in [4.69, 9.17) is 15.7 Å². The highest BCUT2D eigenvalue weighted by Crippen LogP contribution is 2.40. The maximum Gasteiger partial charge on any atom is 0.182 e. The first-order valence-corrected chi connectivity index (χ1v) is 10.2. The Labute approximate surface area is 169 Å². The van der Waals surface area contributed by atoms with Gasteiger partial charge in [-0.15, -0.1) is 0 Å². The fourth-order valence-corrected chi connectivity index (χ4v) is 4.69. The van der Waals surface area contributed by atoms with E-state index < -0.39 is 5.82 Å². The third-order valence-electron chi connectivity index (χ3n) is 6.13. The molecule has 1 aliphatic carbocycles. The predicted molar refractivity (Wildman–Crippen MR) is 106 cm³/mol. The molecule has 0 radical (unpaired) electrons. The van der Waals surface area contributed by atoms with Crippen LogP contribution >= 0.6 is 0 Å². The molecular weight excluding hydrogens is 372 g/mol. The van der Waals surface area contributed by atoms with Crippen molar-refractivity contribution in [3.63, 3.8) is 0 Å². The molecule has 1 saturated heterocycles. The van der Waals surface area contributed by atoms with Gasteiger partial charge in [-0.3, -0.25) is 4.90 Å². The molecule has 4 rings (SSSR count). The van der Waals surface area contributed by atoms with Gasteiger partial charge in [-0.05, 0) is 68.0 Å². The maximum atomic E-state index is 14.6. The van der Waals surface area contributed by atoms with Crippen molar-refractivity contribution in [2.45, 2.75) is 49.8 Å². The van der Waals surface area contributed by atoms with Crippen LogP contribution in [0, 0.1) is 23.0 Å². The quantitative estimate of drug-likeness (QED) is 0.849. The van der Waals surface area contributed by atoms with Gasteiger partial charge in [-0.2, -0.15) is 5.26 Å². The van der Waals surface area contributed by atoms with Gasteiger partial charge in [-0.1, -0.05) is 18.2 Å². The van der Waals surface area contributed by atoms with Crippen LogP contribution in [0.4, 0.5) is 8.78 Å². The van der Waals surface area contributed by atoms with Crippen molar-refractivity contribution in [2.75, 3.05) is 13.1 Å². The molecule has 2 aliphatic rings. The molecule has 0 aromatic heterocycles. The average Bonchev–Trinajstić information content (AvgIpc) is 3.14. The number of nitrogens with two attached hydrogens (primary N) is 1. The first-order chi connectivity index (χ1) is 14.0. The van der Waals surface area contributed by atoms with Crippen LogP contribution in [0.1, 0.15) is 42.7 Å². The fraction of sp³-hybridized carbons (Fsp3) is 0.435. The van der Waals surface area contributed by atoms with Crippen molar-refractivity contribution < 1.29 is 13.5 Å². The van der Waals surface area contributed by atoms with Crippen molar-refractivity contribution in [1.29, 1.82) is 5.26 Å². The van der Waals surface area contributed by atoms with E-state index in [1.807, 2.05) is 18.2 Å². The third-order valence-corrected chi connectivity index (χ3v) is 6.13. The van der Waals surface area contributed by atoms with Gasteiger partial charge in [0.2, 0.25) is 0 Å². The van der Waals surface area contributed by atoms with Crippen molar-refractivity contribution >= 4 is 0 Å². The van der Waals surface area contributed by atoms with Gasteiger partial charge in [0.1, 0.15) is 18.0 Å². The Morgan fingerprint density at radius 1 is 1.10 bits per heavy atom. The number of nitrogens with zero attached hydrogens (tertiary/aromatic N) is 2. The molecule has 1 saturated carbocycles. The summed E-state index contributed by atoms with van der Waals surface area (Å²) < 4.78 is 34.1. The second-order valence-electron chi connectivity index (χ2n) is 8.07. The van der Waals surface area contributed by atoms with Crippen LogP contribution in [0.25, 0.3) is 0 Å². The normalized spacial score (nSPS) is 27.5. The van der Waals surface area contributed by atoms with Crippen molar-refractivity contribution in [1.82, 2.24) is 4.90 Å². The molecule has 2 aromatic rings. The highest BCUT2D eigenvalue weighted by molar-refractivity contribution is 5.38. The molecule has 4 nitrogen and oxygen atoms in total. The standard InChI is InChI=1S/C23H25F2N3O/c24-18-8-6-15(7-9-18)17-11-20(28-10-2-4-19(27)14-28)22(12-17)29-21-5-1-3-16(13-26)23(21)25/h1,3,5-9,17,19-20,22H,2,4,10-12,14,27H2. The maximum absolute atomic E-state index is 14.6. The van der Waals surface area contributed by atoms with E-state index in [1.165, 1.54) is 18.2 Å². The Morgan fingerprint density at radius 2 is 1.90 bits per heavy atom. The van der Waals surface area contributed by atoms with Crippen LogP contribution in [0.15, 0.2) is 42.5 Å². The molecule has 0 bridgehead atoms. The molecule has 6 heteroatoms. The lowest BCUT2D eigenvalue weighted by molar-refractivity contribution is 0.0659. The molecule has 1 heterocycles. The van der Waals surface area contributed by atoms with Crippen LogP contribution in [0.3, 0.4) is 0 Å². The third kappa shape index (κ3) is 4.26. The first kappa shape index (κ1) is 19.8. The average molecular weight is 397 g/mol. The first-order valence-electron chi connectivity index (χ1n) is 10.2.